The molecular formula is C24H25N5O. The van der Waals surface area contributed by atoms with Crippen molar-refractivity contribution in [3.05, 3.63) is 65.5 Å². The second-order valence-corrected chi connectivity index (χ2v) is 7.42. The van der Waals surface area contributed by atoms with Gasteiger partial charge in [0, 0.05) is 30.9 Å². The van der Waals surface area contributed by atoms with E-state index in [1.54, 1.807) is 6.20 Å². The molecule has 152 valence electrons. The first-order valence-corrected chi connectivity index (χ1v) is 10.3. The zero-order valence-corrected chi connectivity index (χ0v) is 16.9. The summed E-state index contributed by atoms with van der Waals surface area (Å²) in [6.45, 7) is 1.30. The standard InChI is InChI=1S/C24H25N5O/c25-14-21-20(18-5-2-1-3-6-18)7-4-8-22(21)29-24-23-19(9-10-27-24)13-17(16-28-23)15-26-11-12-30/h4-5,7-10,13,16,26,30H,1-3,6,11-12,15H2,(H,27,29). The van der Waals surface area contributed by atoms with Crippen molar-refractivity contribution in [3.8, 4) is 6.07 Å². The number of aliphatic hydroxyl groups excluding tert-OH is 1. The maximum absolute atomic E-state index is 9.88. The summed E-state index contributed by atoms with van der Waals surface area (Å²) in [5.41, 5.74) is 5.45. The number of hydrogen-bond acceptors (Lipinski definition) is 6. The molecule has 0 unspecified atom stereocenters. The van der Waals surface area contributed by atoms with Gasteiger partial charge in [-0.1, -0.05) is 18.2 Å². The fraction of sp³-hybridized carbons (Fsp3) is 0.292. The molecule has 6 heteroatoms. The van der Waals surface area contributed by atoms with Gasteiger partial charge in [0.25, 0.3) is 0 Å². The monoisotopic (exact) mass is 399 g/mol. The van der Waals surface area contributed by atoms with E-state index in [1.807, 2.05) is 30.5 Å². The van der Waals surface area contributed by atoms with E-state index in [2.05, 4.69) is 38.8 Å². The quantitative estimate of drug-likeness (QED) is 0.513. The largest absolute Gasteiger partial charge is 0.395 e. The van der Waals surface area contributed by atoms with Gasteiger partial charge in [0.2, 0.25) is 0 Å². The molecule has 0 fully saturated rings. The molecule has 30 heavy (non-hydrogen) atoms. The maximum Gasteiger partial charge on any atom is 0.156 e. The van der Waals surface area contributed by atoms with Gasteiger partial charge in [-0.2, -0.15) is 5.26 Å². The lowest BCUT2D eigenvalue weighted by atomic mass is 9.90. The molecule has 0 radical (unpaired) electrons. The van der Waals surface area contributed by atoms with Gasteiger partial charge >= 0.3 is 0 Å². The highest BCUT2D eigenvalue weighted by molar-refractivity contribution is 5.91. The second-order valence-electron chi connectivity index (χ2n) is 7.42. The maximum atomic E-state index is 9.88. The number of allylic oxidation sites excluding steroid dienone is 2. The Bertz CT molecular complexity index is 1120. The molecule has 2 heterocycles. The minimum Gasteiger partial charge on any atom is -0.395 e. The average Bonchev–Trinajstić information content (AvgIpc) is 2.80. The summed E-state index contributed by atoms with van der Waals surface area (Å²) in [5.74, 6) is 0.633. The van der Waals surface area contributed by atoms with E-state index >= 15 is 0 Å². The number of hydrogen-bond donors (Lipinski definition) is 3. The summed E-state index contributed by atoms with van der Waals surface area (Å²) in [4.78, 5) is 9.08. The van der Waals surface area contributed by atoms with Gasteiger partial charge in [-0.25, -0.2) is 4.98 Å². The number of anilines is 2. The number of rotatable bonds is 7. The lowest BCUT2D eigenvalue weighted by Gasteiger charge is -2.17. The molecule has 1 aliphatic rings. The summed E-state index contributed by atoms with van der Waals surface area (Å²) in [6.07, 6.45) is 10.3. The number of nitrogens with one attached hydrogen (secondary N) is 2. The first kappa shape index (κ1) is 20.0. The van der Waals surface area contributed by atoms with Crippen LogP contribution in [0.2, 0.25) is 0 Å². The minimum absolute atomic E-state index is 0.107. The van der Waals surface area contributed by atoms with Gasteiger partial charge in [0.15, 0.2) is 5.82 Å². The third kappa shape index (κ3) is 4.33. The highest BCUT2D eigenvalue weighted by Crippen LogP contribution is 2.33. The van der Waals surface area contributed by atoms with Crippen LogP contribution in [0.5, 0.6) is 0 Å². The van der Waals surface area contributed by atoms with Crippen molar-refractivity contribution in [1.82, 2.24) is 15.3 Å². The summed E-state index contributed by atoms with van der Waals surface area (Å²) in [6, 6.07) is 12.3. The lowest BCUT2D eigenvalue weighted by molar-refractivity contribution is 0.292. The molecule has 3 N–H and O–H groups in total. The molecule has 6 nitrogen and oxygen atoms in total. The van der Waals surface area contributed by atoms with Gasteiger partial charge < -0.3 is 15.7 Å². The van der Waals surface area contributed by atoms with Crippen molar-refractivity contribution in [2.45, 2.75) is 32.2 Å². The molecule has 3 aromatic rings. The minimum atomic E-state index is 0.107. The van der Waals surface area contributed by atoms with E-state index in [1.165, 1.54) is 18.4 Å². The zero-order chi connectivity index (χ0) is 20.8. The number of fused-ring (bicyclic) bond motifs is 1. The third-order valence-electron chi connectivity index (χ3n) is 5.34. The number of nitriles is 1. The Labute approximate surface area is 176 Å². The SMILES string of the molecule is N#Cc1c(Nc2nccc3cc(CNCCO)cnc23)cccc1C1=CCCCC1. The van der Waals surface area contributed by atoms with Crippen LogP contribution in [0.1, 0.15) is 42.4 Å². The van der Waals surface area contributed by atoms with Crippen molar-refractivity contribution < 1.29 is 5.11 Å². The molecule has 0 atom stereocenters. The van der Waals surface area contributed by atoms with Crippen LogP contribution in [0, 0.1) is 11.3 Å². The molecule has 2 aromatic heterocycles. The molecule has 4 rings (SSSR count). The van der Waals surface area contributed by atoms with Gasteiger partial charge in [0.05, 0.1) is 17.9 Å². The van der Waals surface area contributed by atoms with Crippen LogP contribution in [0.25, 0.3) is 16.5 Å². The summed E-state index contributed by atoms with van der Waals surface area (Å²) in [5, 5.41) is 26.3. The van der Waals surface area contributed by atoms with E-state index in [0.717, 1.165) is 40.6 Å². The van der Waals surface area contributed by atoms with Crippen molar-refractivity contribution >= 4 is 28.0 Å². The number of nitrogens with zero attached hydrogens (tertiary/aromatic N) is 3. The van der Waals surface area contributed by atoms with Crippen LogP contribution >= 0.6 is 0 Å². The second kappa shape index (κ2) is 9.49. The number of aromatic nitrogens is 2. The van der Waals surface area contributed by atoms with Crippen LogP contribution in [0.15, 0.2) is 48.8 Å². The number of aliphatic hydroxyl groups is 1. The van der Waals surface area contributed by atoms with E-state index < -0.39 is 0 Å². The van der Waals surface area contributed by atoms with Gasteiger partial charge in [-0.05, 0) is 60.6 Å². The molecule has 0 amide bonds. The van der Waals surface area contributed by atoms with Crippen LogP contribution in [-0.2, 0) is 6.54 Å². The Balaban J connectivity index is 1.66. The van der Waals surface area contributed by atoms with Crippen molar-refractivity contribution in [1.29, 1.82) is 5.26 Å². The normalized spacial score (nSPS) is 13.7. The Morgan fingerprint density at radius 3 is 2.90 bits per heavy atom. The van der Waals surface area contributed by atoms with E-state index in [9.17, 15) is 5.26 Å². The topological polar surface area (TPSA) is 93.9 Å². The van der Waals surface area contributed by atoms with Gasteiger partial charge in [0.1, 0.15) is 11.6 Å². The summed E-state index contributed by atoms with van der Waals surface area (Å²) in [7, 11) is 0. The first-order valence-electron chi connectivity index (χ1n) is 10.3. The van der Waals surface area contributed by atoms with Gasteiger partial charge in [-0.3, -0.25) is 4.98 Å². The molecule has 0 saturated carbocycles. The van der Waals surface area contributed by atoms with Gasteiger partial charge in [-0.15, -0.1) is 0 Å². The molecule has 1 aromatic carbocycles. The summed E-state index contributed by atoms with van der Waals surface area (Å²) < 4.78 is 0. The highest BCUT2D eigenvalue weighted by atomic mass is 16.3. The smallest absolute Gasteiger partial charge is 0.156 e. The summed E-state index contributed by atoms with van der Waals surface area (Å²) >= 11 is 0. The predicted octanol–water partition coefficient (Wildman–Crippen LogP) is 4.28. The number of benzene rings is 1. The Hall–Kier alpha value is -3.27. The van der Waals surface area contributed by atoms with Crippen LogP contribution in [-0.4, -0.2) is 28.2 Å². The van der Waals surface area contributed by atoms with Crippen molar-refractivity contribution in [2.75, 3.05) is 18.5 Å². The van der Waals surface area contributed by atoms with E-state index in [-0.39, 0.29) is 6.61 Å². The van der Waals surface area contributed by atoms with Crippen molar-refractivity contribution in [3.63, 3.8) is 0 Å². The van der Waals surface area contributed by atoms with E-state index in [0.29, 0.717) is 24.5 Å². The predicted molar refractivity (Wildman–Crippen MR) is 119 cm³/mol. The Morgan fingerprint density at radius 2 is 2.10 bits per heavy atom. The molecular weight excluding hydrogens is 374 g/mol. The first-order chi connectivity index (χ1) is 14.8. The molecule has 0 spiro atoms. The number of pyridine rings is 2. The van der Waals surface area contributed by atoms with Crippen LogP contribution in [0.4, 0.5) is 11.5 Å². The average molecular weight is 399 g/mol. The third-order valence-corrected chi connectivity index (χ3v) is 5.34. The lowest BCUT2D eigenvalue weighted by Crippen LogP contribution is -2.17. The van der Waals surface area contributed by atoms with E-state index in [4.69, 9.17) is 5.11 Å². The van der Waals surface area contributed by atoms with Crippen LogP contribution in [0.3, 0.4) is 0 Å². The Morgan fingerprint density at radius 1 is 1.17 bits per heavy atom. The molecule has 1 aliphatic carbocycles. The molecule has 0 bridgehead atoms. The van der Waals surface area contributed by atoms with Crippen LogP contribution < -0.4 is 10.6 Å². The Kier molecular flexibility index (Phi) is 6.33. The molecule has 0 saturated heterocycles. The highest BCUT2D eigenvalue weighted by Gasteiger charge is 2.15. The fourth-order valence-electron chi connectivity index (χ4n) is 3.86. The fourth-order valence-corrected chi connectivity index (χ4v) is 3.86. The molecule has 0 aliphatic heterocycles. The zero-order valence-electron chi connectivity index (χ0n) is 16.9. The van der Waals surface area contributed by atoms with Crippen molar-refractivity contribution in [2.24, 2.45) is 0 Å².